The van der Waals surface area contributed by atoms with Crippen LogP contribution >= 0.6 is 0 Å². The van der Waals surface area contributed by atoms with Crippen molar-refractivity contribution in [3.8, 4) is 0 Å². The Morgan fingerprint density at radius 1 is 1.00 bits per heavy atom. The Balaban J connectivity index is 1.60. The van der Waals surface area contributed by atoms with Crippen LogP contribution in [0.25, 0.3) is 0 Å². The molecular formula is C26H33N5O3. The largest absolute Gasteiger partial charge is 0.445 e. The molecule has 0 saturated carbocycles. The van der Waals surface area contributed by atoms with E-state index in [1.54, 1.807) is 12.4 Å². The van der Waals surface area contributed by atoms with E-state index in [1.165, 1.54) is 0 Å². The molecule has 1 atom stereocenters. The molecule has 34 heavy (non-hydrogen) atoms. The molecule has 0 saturated heterocycles. The number of nitrogens with one attached hydrogen (secondary N) is 2. The minimum absolute atomic E-state index is 0.131. The van der Waals surface area contributed by atoms with Crippen LogP contribution in [0.5, 0.6) is 0 Å². The molecule has 1 aromatic heterocycles. The number of rotatable bonds is 12. The quantitative estimate of drug-likeness (QED) is 0.428. The van der Waals surface area contributed by atoms with Gasteiger partial charge in [0.25, 0.3) is 0 Å². The fourth-order valence-corrected chi connectivity index (χ4v) is 3.53. The van der Waals surface area contributed by atoms with Crippen LogP contribution in [-0.4, -0.2) is 52.4 Å². The van der Waals surface area contributed by atoms with Gasteiger partial charge in [0.1, 0.15) is 12.6 Å². The summed E-state index contributed by atoms with van der Waals surface area (Å²) in [6.45, 7) is 7.96. The third-order valence-electron chi connectivity index (χ3n) is 5.54. The Kier molecular flexibility index (Phi) is 9.66. The maximum atomic E-state index is 13.1. The Hall–Kier alpha value is -3.65. The molecule has 8 nitrogen and oxygen atoms in total. The van der Waals surface area contributed by atoms with Gasteiger partial charge in [-0.2, -0.15) is 5.10 Å². The molecule has 1 heterocycles. The molecule has 3 aromatic rings. The maximum Gasteiger partial charge on any atom is 0.408 e. The molecule has 2 N–H and O–H groups in total. The van der Waals surface area contributed by atoms with Gasteiger partial charge in [-0.3, -0.25) is 9.48 Å². The van der Waals surface area contributed by atoms with Gasteiger partial charge < -0.3 is 20.3 Å². The number of ether oxygens (including phenoxy) is 1. The first-order valence-electron chi connectivity index (χ1n) is 11.6. The minimum atomic E-state index is -0.801. The van der Waals surface area contributed by atoms with Gasteiger partial charge in [-0.25, -0.2) is 4.79 Å². The number of alkyl carbamates (subject to hydrolysis) is 1. The van der Waals surface area contributed by atoms with Crippen LogP contribution < -0.4 is 10.6 Å². The average Bonchev–Trinajstić information content (AvgIpc) is 3.31. The van der Waals surface area contributed by atoms with E-state index in [9.17, 15) is 9.59 Å². The van der Waals surface area contributed by atoms with Crippen molar-refractivity contribution in [1.82, 2.24) is 20.0 Å². The summed E-state index contributed by atoms with van der Waals surface area (Å²) in [6.07, 6.45) is 3.11. The Morgan fingerprint density at radius 2 is 1.65 bits per heavy atom. The summed E-state index contributed by atoms with van der Waals surface area (Å²) in [4.78, 5) is 27.8. The van der Waals surface area contributed by atoms with Crippen molar-refractivity contribution in [1.29, 1.82) is 0 Å². The van der Waals surface area contributed by atoms with Gasteiger partial charge in [0, 0.05) is 19.2 Å². The lowest BCUT2D eigenvalue weighted by Gasteiger charge is -2.18. The molecule has 180 valence electrons. The number of hydrogen-bond donors (Lipinski definition) is 2. The van der Waals surface area contributed by atoms with Gasteiger partial charge in [0.15, 0.2) is 0 Å². The highest BCUT2D eigenvalue weighted by Gasteiger charge is 2.23. The predicted octanol–water partition coefficient (Wildman–Crippen LogP) is 3.70. The second-order valence-electron chi connectivity index (χ2n) is 7.96. The topological polar surface area (TPSA) is 88.5 Å². The summed E-state index contributed by atoms with van der Waals surface area (Å²) in [7, 11) is 0. The van der Waals surface area contributed by atoms with Crippen molar-refractivity contribution in [2.75, 3.05) is 25.0 Å². The average molecular weight is 464 g/mol. The summed E-state index contributed by atoms with van der Waals surface area (Å²) in [6, 6.07) is 18.2. The monoisotopic (exact) mass is 463 g/mol. The summed E-state index contributed by atoms with van der Waals surface area (Å²) in [5.41, 5.74) is 2.39. The molecule has 0 aliphatic carbocycles. The van der Waals surface area contributed by atoms with E-state index in [4.69, 9.17) is 4.74 Å². The third kappa shape index (κ3) is 8.04. The summed E-state index contributed by atoms with van der Waals surface area (Å²) in [5, 5.41) is 9.92. The summed E-state index contributed by atoms with van der Waals surface area (Å²) in [5.74, 6) is -0.330. The lowest BCUT2D eigenvalue weighted by molar-refractivity contribution is -0.118. The normalized spacial score (nSPS) is 11.7. The van der Waals surface area contributed by atoms with Crippen molar-refractivity contribution < 1.29 is 14.3 Å². The van der Waals surface area contributed by atoms with Crippen molar-refractivity contribution >= 4 is 17.7 Å². The molecule has 0 spiro atoms. The fourth-order valence-electron chi connectivity index (χ4n) is 3.53. The predicted molar refractivity (Wildman–Crippen MR) is 132 cm³/mol. The van der Waals surface area contributed by atoms with Crippen molar-refractivity contribution in [3.05, 3.63) is 84.2 Å². The highest BCUT2D eigenvalue weighted by molar-refractivity contribution is 5.96. The highest BCUT2D eigenvalue weighted by atomic mass is 16.5. The summed E-state index contributed by atoms with van der Waals surface area (Å²) >= 11 is 0. The standard InChI is InChI=1S/C26H33N5O3/c1-3-30(4-2)15-16-31-19-23(18-27-31)28-25(32)24(17-21-11-7-5-8-12-21)29-26(33)34-20-22-13-9-6-10-14-22/h5-14,18-19,24H,3-4,15-17,20H2,1-2H3,(H,28,32)(H,29,33). The number of carbonyl (C=O) groups is 2. The Bertz CT molecular complexity index is 1020. The number of anilines is 1. The van der Waals surface area contributed by atoms with E-state index >= 15 is 0 Å². The van der Waals surface area contributed by atoms with Crippen LogP contribution in [0.2, 0.25) is 0 Å². The van der Waals surface area contributed by atoms with Crippen LogP contribution in [0.3, 0.4) is 0 Å². The number of aromatic nitrogens is 2. The molecule has 3 rings (SSSR count). The van der Waals surface area contributed by atoms with Crippen LogP contribution in [0.4, 0.5) is 10.5 Å². The first-order chi connectivity index (χ1) is 16.6. The van der Waals surface area contributed by atoms with E-state index in [0.29, 0.717) is 12.1 Å². The van der Waals surface area contributed by atoms with E-state index in [2.05, 4.69) is 34.5 Å². The first kappa shape index (κ1) is 25.0. The Labute approximate surface area is 200 Å². The molecule has 0 radical (unpaired) electrons. The Morgan fingerprint density at radius 3 is 2.29 bits per heavy atom. The number of amides is 2. The van der Waals surface area contributed by atoms with Crippen LogP contribution in [0.15, 0.2) is 73.1 Å². The van der Waals surface area contributed by atoms with Gasteiger partial charge in [0.05, 0.1) is 18.4 Å². The SMILES string of the molecule is CCN(CC)CCn1cc(NC(=O)C(Cc2ccccc2)NC(=O)OCc2ccccc2)cn1. The van der Waals surface area contributed by atoms with Crippen LogP contribution in [0, 0.1) is 0 Å². The number of hydrogen-bond acceptors (Lipinski definition) is 5. The highest BCUT2D eigenvalue weighted by Crippen LogP contribution is 2.10. The third-order valence-corrected chi connectivity index (χ3v) is 5.54. The number of likely N-dealkylation sites (N-methyl/N-ethyl adjacent to an activating group) is 1. The molecule has 0 aliphatic rings. The number of nitrogens with zero attached hydrogens (tertiary/aromatic N) is 3. The summed E-state index contributed by atoms with van der Waals surface area (Å²) < 4.78 is 7.13. The smallest absolute Gasteiger partial charge is 0.408 e. The molecule has 0 aliphatic heterocycles. The second kappa shape index (κ2) is 13.2. The maximum absolute atomic E-state index is 13.1. The minimum Gasteiger partial charge on any atom is -0.445 e. The molecule has 0 fully saturated rings. The zero-order valence-corrected chi connectivity index (χ0v) is 19.8. The van der Waals surface area contributed by atoms with Crippen molar-refractivity contribution in [3.63, 3.8) is 0 Å². The van der Waals surface area contributed by atoms with Crippen LogP contribution in [0.1, 0.15) is 25.0 Å². The zero-order valence-electron chi connectivity index (χ0n) is 19.8. The number of carbonyl (C=O) groups excluding carboxylic acids is 2. The molecule has 2 amide bonds. The second-order valence-corrected chi connectivity index (χ2v) is 7.96. The van der Waals surface area contributed by atoms with Gasteiger partial charge in [-0.1, -0.05) is 74.5 Å². The van der Waals surface area contributed by atoms with Crippen LogP contribution in [-0.2, 0) is 29.1 Å². The van der Waals surface area contributed by atoms with Gasteiger partial charge >= 0.3 is 6.09 Å². The van der Waals surface area contributed by atoms with Gasteiger partial charge in [0.2, 0.25) is 5.91 Å². The van der Waals surface area contributed by atoms with Gasteiger partial charge in [-0.05, 0) is 24.2 Å². The van der Waals surface area contributed by atoms with E-state index in [0.717, 1.165) is 37.3 Å². The van der Waals surface area contributed by atoms with E-state index < -0.39 is 12.1 Å². The lowest BCUT2D eigenvalue weighted by Crippen LogP contribution is -2.45. The molecule has 1 unspecified atom stereocenters. The lowest BCUT2D eigenvalue weighted by atomic mass is 10.1. The fraction of sp³-hybridized carbons (Fsp3) is 0.346. The van der Waals surface area contributed by atoms with E-state index in [-0.39, 0.29) is 12.5 Å². The number of benzene rings is 2. The molecule has 0 bridgehead atoms. The molecule has 8 heteroatoms. The van der Waals surface area contributed by atoms with Crippen molar-refractivity contribution in [2.24, 2.45) is 0 Å². The first-order valence-corrected chi connectivity index (χ1v) is 11.6. The molecule has 2 aromatic carbocycles. The van der Waals surface area contributed by atoms with Gasteiger partial charge in [-0.15, -0.1) is 0 Å². The molecular weight excluding hydrogens is 430 g/mol. The zero-order chi connectivity index (χ0) is 24.2. The van der Waals surface area contributed by atoms with E-state index in [1.807, 2.05) is 65.3 Å². The van der Waals surface area contributed by atoms with Crippen molar-refractivity contribution in [2.45, 2.75) is 39.5 Å².